The lowest BCUT2D eigenvalue weighted by Crippen LogP contribution is -2.31. The number of likely N-dealkylation sites (N-methyl/N-ethyl adjacent to an activating group) is 2. The summed E-state index contributed by atoms with van der Waals surface area (Å²) in [6, 6.07) is 0. The second-order valence-electron chi connectivity index (χ2n) is 2.51. The zero-order valence-electron chi connectivity index (χ0n) is 7.26. The Morgan fingerprint density at radius 1 is 1.73 bits per heavy atom. The predicted octanol–water partition coefficient (Wildman–Crippen LogP) is -0.107. The van der Waals surface area contributed by atoms with Crippen molar-refractivity contribution >= 4 is 5.78 Å². The van der Waals surface area contributed by atoms with Crippen LogP contribution in [0.2, 0.25) is 0 Å². The van der Waals surface area contributed by atoms with Crippen molar-refractivity contribution in [2.75, 3.05) is 33.7 Å². The molecule has 0 heterocycles. The van der Waals surface area contributed by atoms with Gasteiger partial charge in [-0.15, -0.1) is 0 Å². The van der Waals surface area contributed by atoms with E-state index in [2.05, 4.69) is 11.9 Å². The minimum Gasteiger partial charge on any atom is -0.318 e. The first kappa shape index (κ1) is 10.3. The molecule has 0 unspecified atom stereocenters. The first-order valence-corrected chi connectivity index (χ1v) is 3.69. The summed E-state index contributed by atoms with van der Waals surface area (Å²) in [4.78, 5) is 12.8. The lowest BCUT2D eigenvalue weighted by atomic mass is 10.3. The Balaban J connectivity index is 3.43. The molecule has 64 valence electrons. The average molecular weight is 156 g/mol. The fraction of sp³-hybridized carbons (Fsp3) is 0.625. The molecule has 0 aliphatic carbocycles. The monoisotopic (exact) mass is 156 g/mol. The summed E-state index contributed by atoms with van der Waals surface area (Å²) in [7, 11) is 3.81. The third kappa shape index (κ3) is 5.76. The molecule has 0 atom stereocenters. The van der Waals surface area contributed by atoms with Gasteiger partial charge >= 0.3 is 0 Å². The van der Waals surface area contributed by atoms with Crippen LogP contribution in [-0.4, -0.2) is 44.4 Å². The fourth-order valence-electron chi connectivity index (χ4n) is 0.712. The van der Waals surface area contributed by atoms with Crippen molar-refractivity contribution in [1.82, 2.24) is 10.2 Å². The highest BCUT2D eigenvalue weighted by molar-refractivity contribution is 5.90. The smallest absolute Gasteiger partial charge is 0.169 e. The van der Waals surface area contributed by atoms with Crippen molar-refractivity contribution in [2.45, 2.75) is 0 Å². The first-order chi connectivity index (χ1) is 5.20. The standard InChI is InChI=1S/C8H16N2O/c1-4-8(11)7-10(3)6-5-9-2/h4,9H,1,5-7H2,2-3H3. The van der Waals surface area contributed by atoms with Crippen LogP contribution in [0.5, 0.6) is 0 Å². The molecular formula is C8H16N2O. The molecule has 3 nitrogen and oxygen atoms in total. The van der Waals surface area contributed by atoms with Gasteiger partial charge in [-0.3, -0.25) is 9.69 Å². The van der Waals surface area contributed by atoms with Gasteiger partial charge in [0.15, 0.2) is 5.78 Å². The van der Waals surface area contributed by atoms with Crippen LogP contribution < -0.4 is 5.32 Å². The van der Waals surface area contributed by atoms with Crippen molar-refractivity contribution in [3.8, 4) is 0 Å². The van der Waals surface area contributed by atoms with Gasteiger partial charge in [-0.2, -0.15) is 0 Å². The molecule has 0 saturated heterocycles. The zero-order valence-corrected chi connectivity index (χ0v) is 7.26. The van der Waals surface area contributed by atoms with Crippen LogP contribution in [-0.2, 0) is 4.79 Å². The van der Waals surface area contributed by atoms with E-state index in [4.69, 9.17) is 0 Å². The number of carbonyl (C=O) groups is 1. The summed E-state index contributed by atoms with van der Waals surface area (Å²) in [5, 5.41) is 3.01. The summed E-state index contributed by atoms with van der Waals surface area (Å²) in [5.41, 5.74) is 0. The minimum absolute atomic E-state index is 0.0728. The Bertz CT molecular complexity index is 134. The van der Waals surface area contributed by atoms with Gasteiger partial charge in [0.1, 0.15) is 0 Å². The van der Waals surface area contributed by atoms with E-state index in [-0.39, 0.29) is 5.78 Å². The molecule has 1 N–H and O–H groups in total. The third-order valence-electron chi connectivity index (χ3n) is 1.40. The van der Waals surface area contributed by atoms with E-state index in [1.165, 1.54) is 6.08 Å². The Morgan fingerprint density at radius 2 is 2.36 bits per heavy atom. The molecule has 0 aromatic heterocycles. The summed E-state index contributed by atoms with van der Waals surface area (Å²) in [6.45, 7) is 5.65. The highest BCUT2D eigenvalue weighted by atomic mass is 16.1. The van der Waals surface area contributed by atoms with Gasteiger partial charge in [0.2, 0.25) is 0 Å². The number of rotatable bonds is 6. The quantitative estimate of drug-likeness (QED) is 0.545. The summed E-state index contributed by atoms with van der Waals surface area (Å²) >= 11 is 0. The molecule has 0 spiro atoms. The normalized spacial score (nSPS) is 10.1. The molecule has 0 bridgehead atoms. The SMILES string of the molecule is C=CC(=O)CN(C)CCNC. The Labute approximate surface area is 68.1 Å². The van der Waals surface area contributed by atoms with E-state index in [1.54, 1.807) is 0 Å². The highest BCUT2D eigenvalue weighted by Gasteiger charge is 2.00. The van der Waals surface area contributed by atoms with E-state index in [1.807, 2.05) is 19.0 Å². The second-order valence-corrected chi connectivity index (χ2v) is 2.51. The molecule has 0 rings (SSSR count). The molecule has 3 heteroatoms. The summed E-state index contributed by atoms with van der Waals surface area (Å²) in [6.07, 6.45) is 1.36. The van der Waals surface area contributed by atoms with Crippen LogP contribution in [0.1, 0.15) is 0 Å². The number of hydrogen-bond acceptors (Lipinski definition) is 3. The predicted molar refractivity (Wildman–Crippen MR) is 46.6 cm³/mol. The number of nitrogens with one attached hydrogen (secondary N) is 1. The molecular weight excluding hydrogens is 140 g/mol. The van der Waals surface area contributed by atoms with Crippen molar-refractivity contribution in [1.29, 1.82) is 0 Å². The summed E-state index contributed by atoms with van der Waals surface area (Å²) < 4.78 is 0. The maximum Gasteiger partial charge on any atom is 0.169 e. The lowest BCUT2D eigenvalue weighted by molar-refractivity contribution is -0.115. The van der Waals surface area contributed by atoms with Crippen LogP contribution in [0.15, 0.2) is 12.7 Å². The Kier molecular flexibility index (Phi) is 5.70. The maximum absolute atomic E-state index is 10.8. The molecule has 0 amide bonds. The number of nitrogens with zero attached hydrogens (tertiary/aromatic N) is 1. The van der Waals surface area contributed by atoms with E-state index in [0.29, 0.717) is 6.54 Å². The van der Waals surface area contributed by atoms with Gasteiger partial charge in [0.05, 0.1) is 6.54 Å². The van der Waals surface area contributed by atoms with Crippen LogP contribution in [0, 0.1) is 0 Å². The van der Waals surface area contributed by atoms with Gasteiger partial charge in [-0.1, -0.05) is 6.58 Å². The topological polar surface area (TPSA) is 32.3 Å². The van der Waals surface area contributed by atoms with Crippen molar-refractivity contribution in [2.24, 2.45) is 0 Å². The van der Waals surface area contributed by atoms with Crippen molar-refractivity contribution < 1.29 is 4.79 Å². The molecule has 0 fully saturated rings. The largest absolute Gasteiger partial charge is 0.318 e. The van der Waals surface area contributed by atoms with Crippen LogP contribution in [0.3, 0.4) is 0 Å². The number of carbonyl (C=O) groups excluding carboxylic acids is 1. The average Bonchev–Trinajstić information content (AvgIpc) is 2.00. The van der Waals surface area contributed by atoms with E-state index in [9.17, 15) is 4.79 Å². The van der Waals surface area contributed by atoms with Gasteiger partial charge in [-0.25, -0.2) is 0 Å². The molecule has 11 heavy (non-hydrogen) atoms. The molecule has 0 aromatic rings. The van der Waals surface area contributed by atoms with Gasteiger partial charge in [0.25, 0.3) is 0 Å². The second kappa shape index (κ2) is 6.07. The lowest BCUT2D eigenvalue weighted by Gasteiger charge is -2.13. The third-order valence-corrected chi connectivity index (χ3v) is 1.40. The van der Waals surface area contributed by atoms with E-state index >= 15 is 0 Å². The molecule has 0 aromatic carbocycles. The first-order valence-electron chi connectivity index (χ1n) is 3.69. The van der Waals surface area contributed by atoms with Crippen LogP contribution in [0.4, 0.5) is 0 Å². The van der Waals surface area contributed by atoms with Gasteiger partial charge in [-0.05, 0) is 20.2 Å². The Hall–Kier alpha value is -0.670. The van der Waals surface area contributed by atoms with Crippen molar-refractivity contribution in [3.63, 3.8) is 0 Å². The van der Waals surface area contributed by atoms with Crippen molar-refractivity contribution in [3.05, 3.63) is 12.7 Å². The van der Waals surface area contributed by atoms with Gasteiger partial charge in [0, 0.05) is 13.1 Å². The molecule has 0 aliphatic rings. The molecule has 0 aliphatic heterocycles. The van der Waals surface area contributed by atoms with Crippen LogP contribution in [0.25, 0.3) is 0 Å². The number of ketones is 1. The number of hydrogen-bond donors (Lipinski definition) is 1. The summed E-state index contributed by atoms with van der Waals surface area (Å²) in [5.74, 6) is 0.0728. The zero-order chi connectivity index (χ0) is 8.69. The van der Waals surface area contributed by atoms with E-state index in [0.717, 1.165) is 13.1 Å². The maximum atomic E-state index is 10.8. The highest BCUT2D eigenvalue weighted by Crippen LogP contribution is 1.82. The van der Waals surface area contributed by atoms with Gasteiger partial charge < -0.3 is 5.32 Å². The minimum atomic E-state index is 0.0728. The van der Waals surface area contributed by atoms with E-state index < -0.39 is 0 Å². The molecule has 0 radical (unpaired) electrons. The van der Waals surface area contributed by atoms with Crippen LogP contribution >= 0.6 is 0 Å². The fourth-order valence-corrected chi connectivity index (χ4v) is 0.712. The molecule has 0 saturated carbocycles. The Morgan fingerprint density at radius 3 is 2.82 bits per heavy atom.